The van der Waals surface area contributed by atoms with Gasteiger partial charge in [0.15, 0.2) is 5.96 Å². The minimum absolute atomic E-state index is 0.405. The Balaban J connectivity index is 2.13. The highest BCUT2D eigenvalue weighted by molar-refractivity contribution is 6.30. The van der Waals surface area contributed by atoms with Crippen molar-refractivity contribution in [3.63, 3.8) is 0 Å². The fourth-order valence-corrected chi connectivity index (χ4v) is 2.39. The number of guanidine groups is 1. The predicted molar refractivity (Wildman–Crippen MR) is 88.0 cm³/mol. The van der Waals surface area contributed by atoms with Crippen LogP contribution in [0.5, 0.6) is 0 Å². The molecule has 1 fully saturated rings. The number of morpholine rings is 1. The molecule has 0 saturated carbocycles. The Bertz CT molecular complexity index is 512. The van der Waals surface area contributed by atoms with Crippen LogP contribution >= 0.6 is 11.6 Å². The molecule has 114 valence electrons. The van der Waals surface area contributed by atoms with E-state index in [9.17, 15) is 0 Å². The highest BCUT2D eigenvalue weighted by atomic mass is 35.5. The number of hydrogen-bond acceptors (Lipinski definition) is 3. The lowest BCUT2D eigenvalue weighted by atomic mass is 10.1. The Morgan fingerprint density at radius 2 is 2.24 bits per heavy atom. The molecule has 0 aliphatic carbocycles. The number of anilines is 1. The van der Waals surface area contributed by atoms with Gasteiger partial charge < -0.3 is 20.7 Å². The van der Waals surface area contributed by atoms with Crippen molar-refractivity contribution in [1.82, 2.24) is 5.32 Å². The van der Waals surface area contributed by atoms with Gasteiger partial charge >= 0.3 is 0 Å². The van der Waals surface area contributed by atoms with Gasteiger partial charge in [0.1, 0.15) is 0 Å². The lowest BCUT2D eigenvalue weighted by Gasteiger charge is -2.30. The number of nitrogens with two attached hydrogens (primary N) is 1. The zero-order valence-electron chi connectivity index (χ0n) is 12.0. The summed E-state index contributed by atoms with van der Waals surface area (Å²) in [6.45, 7) is 7.96. The molecule has 1 aliphatic rings. The van der Waals surface area contributed by atoms with Crippen molar-refractivity contribution in [2.24, 2.45) is 10.7 Å². The highest BCUT2D eigenvalue weighted by Crippen LogP contribution is 2.25. The Morgan fingerprint density at radius 3 is 2.95 bits per heavy atom. The number of aliphatic imine (C=N–C) groups is 1. The van der Waals surface area contributed by atoms with Gasteiger partial charge in [0.05, 0.1) is 19.8 Å². The third kappa shape index (κ3) is 4.65. The fraction of sp³-hybridized carbons (Fsp3) is 0.400. The third-order valence-corrected chi connectivity index (χ3v) is 3.48. The SMILES string of the molecule is C=CCNC(N)=NCc1cc(Cl)ccc1N1CCOCC1. The summed E-state index contributed by atoms with van der Waals surface area (Å²) in [5.74, 6) is 0.405. The molecule has 0 atom stereocenters. The van der Waals surface area contributed by atoms with E-state index in [1.807, 2.05) is 18.2 Å². The molecule has 0 spiro atoms. The van der Waals surface area contributed by atoms with Crippen molar-refractivity contribution in [1.29, 1.82) is 0 Å². The van der Waals surface area contributed by atoms with Crippen LogP contribution in [0.15, 0.2) is 35.8 Å². The monoisotopic (exact) mass is 308 g/mol. The molecule has 1 heterocycles. The number of nitrogens with one attached hydrogen (secondary N) is 1. The van der Waals surface area contributed by atoms with E-state index in [0.29, 0.717) is 24.1 Å². The largest absolute Gasteiger partial charge is 0.378 e. The van der Waals surface area contributed by atoms with Crippen molar-refractivity contribution in [3.05, 3.63) is 41.4 Å². The predicted octanol–water partition coefficient (Wildman–Crippen LogP) is 1.77. The van der Waals surface area contributed by atoms with Crippen molar-refractivity contribution >= 4 is 23.2 Å². The first-order chi connectivity index (χ1) is 10.2. The molecular formula is C15H21ClN4O. The van der Waals surface area contributed by atoms with E-state index in [4.69, 9.17) is 22.1 Å². The zero-order chi connectivity index (χ0) is 15.1. The lowest BCUT2D eigenvalue weighted by molar-refractivity contribution is 0.122. The molecular weight excluding hydrogens is 288 g/mol. The average Bonchev–Trinajstić information content (AvgIpc) is 2.52. The maximum absolute atomic E-state index is 6.10. The summed E-state index contributed by atoms with van der Waals surface area (Å²) in [4.78, 5) is 6.64. The number of halogens is 1. The molecule has 0 bridgehead atoms. The molecule has 0 aromatic heterocycles. The number of nitrogens with zero attached hydrogens (tertiary/aromatic N) is 2. The van der Waals surface area contributed by atoms with Gasteiger partial charge in [-0.15, -0.1) is 6.58 Å². The van der Waals surface area contributed by atoms with Crippen LogP contribution in [0, 0.1) is 0 Å². The fourth-order valence-electron chi connectivity index (χ4n) is 2.20. The molecule has 1 aromatic rings. The second-order valence-corrected chi connectivity index (χ2v) is 5.18. The Hall–Kier alpha value is -1.72. The van der Waals surface area contributed by atoms with Gasteiger partial charge in [-0.2, -0.15) is 0 Å². The standard InChI is InChI=1S/C15H21ClN4O/c1-2-5-18-15(17)19-11-12-10-13(16)3-4-14(12)20-6-8-21-9-7-20/h2-4,10H,1,5-9,11H2,(H3,17,18,19). The summed E-state index contributed by atoms with van der Waals surface area (Å²) in [7, 11) is 0. The Kier molecular flexibility index (Phi) is 5.90. The van der Waals surface area contributed by atoms with E-state index in [1.165, 1.54) is 0 Å². The van der Waals surface area contributed by atoms with Crippen LogP contribution in [0.25, 0.3) is 0 Å². The third-order valence-electron chi connectivity index (χ3n) is 3.24. The second kappa shape index (κ2) is 7.90. The summed E-state index contributed by atoms with van der Waals surface area (Å²) in [6, 6.07) is 5.88. The lowest BCUT2D eigenvalue weighted by Crippen LogP contribution is -2.36. The maximum Gasteiger partial charge on any atom is 0.189 e. The van der Waals surface area contributed by atoms with Crippen LogP contribution < -0.4 is 16.0 Å². The number of benzene rings is 1. The van der Waals surface area contributed by atoms with Crippen LogP contribution in [0.1, 0.15) is 5.56 Å². The maximum atomic E-state index is 6.10. The van der Waals surface area contributed by atoms with E-state index in [1.54, 1.807) is 6.08 Å². The van der Waals surface area contributed by atoms with Crippen molar-refractivity contribution in [2.75, 3.05) is 37.7 Å². The number of ether oxygens (including phenoxy) is 1. The van der Waals surface area contributed by atoms with Gasteiger partial charge in [-0.1, -0.05) is 17.7 Å². The average molecular weight is 309 g/mol. The molecule has 0 radical (unpaired) electrons. The first-order valence-corrected chi connectivity index (χ1v) is 7.34. The smallest absolute Gasteiger partial charge is 0.189 e. The topological polar surface area (TPSA) is 62.9 Å². The van der Waals surface area contributed by atoms with Crippen LogP contribution in [-0.2, 0) is 11.3 Å². The van der Waals surface area contributed by atoms with Crippen LogP contribution in [0.4, 0.5) is 5.69 Å². The van der Waals surface area contributed by atoms with Gasteiger partial charge in [-0.25, -0.2) is 4.99 Å². The molecule has 6 heteroatoms. The quantitative estimate of drug-likeness (QED) is 0.494. The van der Waals surface area contributed by atoms with E-state index >= 15 is 0 Å². The molecule has 1 saturated heterocycles. The van der Waals surface area contributed by atoms with Gasteiger partial charge in [-0.05, 0) is 23.8 Å². The van der Waals surface area contributed by atoms with Gasteiger partial charge in [-0.3, -0.25) is 0 Å². The minimum atomic E-state index is 0.405. The molecule has 1 aromatic carbocycles. The summed E-state index contributed by atoms with van der Waals surface area (Å²) in [5.41, 5.74) is 8.00. The van der Waals surface area contributed by atoms with E-state index in [0.717, 1.165) is 37.6 Å². The van der Waals surface area contributed by atoms with Crippen LogP contribution in [-0.4, -0.2) is 38.8 Å². The molecule has 21 heavy (non-hydrogen) atoms. The summed E-state index contributed by atoms with van der Waals surface area (Å²) < 4.78 is 5.39. The zero-order valence-corrected chi connectivity index (χ0v) is 12.8. The molecule has 2 rings (SSSR count). The molecule has 3 N–H and O–H groups in total. The van der Waals surface area contributed by atoms with Crippen molar-refractivity contribution in [2.45, 2.75) is 6.54 Å². The second-order valence-electron chi connectivity index (χ2n) is 4.74. The molecule has 5 nitrogen and oxygen atoms in total. The summed E-state index contributed by atoms with van der Waals surface area (Å²) in [6.07, 6.45) is 1.74. The van der Waals surface area contributed by atoms with Gasteiger partial charge in [0.25, 0.3) is 0 Å². The summed E-state index contributed by atoms with van der Waals surface area (Å²) in [5, 5.41) is 3.66. The number of rotatable bonds is 5. The van der Waals surface area contributed by atoms with E-state index < -0.39 is 0 Å². The Morgan fingerprint density at radius 1 is 1.48 bits per heavy atom. The van der Waals surface area contributed by atoms with Gasteiger partial charge in [0, 0.05) is 30.3 Å². The van der Waals surface area contributed by atoms with Crippen LogP contribution in [0.2, 0.25) is 5.02 Å². The van der Waals surface area contributed by atoms with E-state index in [-0.39, 0.29) is 0 Å². The normalized spacial score (nSPS) is 15.9. The molecule has 1 aliphatic heterocycles. The molecule has 0 amide bonds. The van der Waals surface area contributed by atoms with Crippen molar-refractivity contribution < 1.29 is 4.74 Å². The first kappa shape index (κ1) is 15.7. The number of hydrogen-bond donors (Lipinski definition) is 2. The van der Waals surface area contributed by atoms with Crippen molar-refractivity contribution in [3.8, 4) is 0 Å². The summed E-state index contributed by atoms with van der Waals surface area (Å²) >= 11 is 6.10. The Labute approximate surface area is 130 Å². The molecule has 0 unspecified atom stereocenters. The van der Waals surface area contributed by atoms with E-state index in [2.05, 4.69) is 21.8 Å². The van der Waals surface area contributed by atoms with Crippen LogP contribution in [0.3, 0.4) is 0 Å². The van der Waals surface area contributed by atoms with Gasteiger partial charge in [0.2, 0.25) is 0 Å². The first-order valence-electron chi connectivity index (χ1n) is 6.96. The highest BCUT2D eigenvalue weighted by Gasteiger charge is 2.14. The minimum Gasteiger partial charge on any atom is -0.378 e.